The highest BCUT2D eigenvalue weighted by atomic mass is 19.1. The molecule has 0 radical (unpaired) electrons. The van der Waals surface area contributed by atoms with E-state index in [2.05, 4.69) is 10.4 Å². The van der Waals surface area contributed by atoms with Crippen LogP contribution in [0.5, 0.6) is 0 Å². The Morgan fingerprint density at radius 3 is 2.63 bits per heavy atom. The summed E-state index contributed by atoms with van der Waals surface area (Å²) in [5.41, 5.74) is 2.90. The number of aryl methyl sites for hydroxylation is 2. The first-order valence-corrected chi connectivity index (χ1v) is 8.72. The Balaban J connectivity index is 1.60. The number of carbonyl (C=O) groups excluding carboxylic acids is 1. The summed E-state index contributed by atoms with van der Waals surface area (Å²) in [7, 11) is 0. The summed E-state index contributed by atoms with van der Waals surface area (Å²) in [6, 6.07) is 16.5. The first-order valence-electron chi connectivity index (χ1n) is 8.72. The van der Waals surface area contributed by atoms with Crippen molar-refractivity contribution in [3.05, 3.63) is 82.4 Å². The van der Waals surface area contributed by atoms with Crippen LogP contribution in [-0.4, -0.2) is 15.7 Å². The van der Waals surface area contributed by atoms with E-state index in [0.717, 1.165) is 16.8 Å². The third-order valence-electron chi connectivity index (χ3n) is 4.08. The van der Waals surface area contributed by atoms with E-state index in [0.29, 0.717) is 18.7 Å². The molecule has 3 aromatic rings. The van der Waals surface area contributed by atoms with Gasteiger partial charge in [-0.25, -0.2) is 9.07 Å². The number of hydrogen-bond donors (Lipinski definition) is 1. The van der Waals surface area contributed by atoms with Crippen LogP contribution in [0.3, 0.4) is 0 Å². The molecule has 0 aliphatic rings. The Morgan fingerprint density at radius 2 is 1.89 bits per heavy atom. The third kappa shape index (κ3) is 5.10. The van der Waals surface area contributed by atoms with Crippen LogP contribution >= 0.6 is 0 Å². The van der Waals surface area contributed by atoms with Crippen LogP contribution < -0.4 is 10.9 Å². The lowest BCUT2D eigenvalue weighted by Crippen LogP contribution is -2.23. The number of nitrogens with one attached hydrogen (secondary N) is 1. The molecule has 0 saturated carbocycles. The molecular weight excluding hydrogens is 345 g/mol. The summed E-state index contributed by atoms with van der Waals surface area (Å²) in [5.74, 6) is -0.435. The molecule has 2 aromatic carbocycles. The molecular formula is C21H20FN3O2. The van der Waals surface area contributed by atoms with Gasteiger partial charge in [0.2, 0.25) is 5.91 Å². The molecule has 5 nitrogen and oxygen atoms in total. The SMILES string of the molecule is Cc1cccc(NC(=O)CCCn2nc(-c3ccc(F)cc3)ccc2=O)c1. The minimum atomic E-state index is -0.327. The number of carbonyl (C=O) groups is 1. The molecule has 6 heteroatoms. The smallest absolute Gasteiger partial charge is 0.266 e. The van der Waals surface area contributed by atoms with Gasteiger partial charge in [-0.05, 0) is 61.4 Å². The summed E-state index contributed by atoms with van der Waals surface area (Å²) in [6.45, 7) is 2.29. The zero-order valence-corrected chi connectivity index (χ0v) is 15.0. The summed E-state index contributed by atoms with van der Waals surface area (Å²) in [6.07, 6.45) is 0.764. The van der Waals surface area contributed by atoms with Crippen LogP contribution in [0.4, 0.5) is 10.1 Å². The summed E-state index contributed by atoms with van der Waals surface area (Å²) in [4.78, 5) is 24.1. The van der Waals surface area contributed by atoms with Crippen LogP contribution in [0.15, 0.2) is 65.5 Å². The first kappa shape index (κ1) is 18.5. The fraction of sp³-hybridized carbons (Fsp3) is 0.190. The van der Waals surface area contributed by atoms with Gasteiger partial charge in [0.15, 0.2) is 0 Å². The van der Waals surface area contributed by atoms with Gasteiger partial charge in [0.1, 0.15) is 5.82 Å². The van der Waals surface area contributed by atoms with Gasteiger partial charge in [-0.15, -0.1) is 0 Å². The highest BCUT2D eigenvalue weighted by molar-refractivity contribution is 5.90. The van der Waals surface area contributed by atoms with E-state index in [1.165, 1.54) is 22.9 Å². The molecule has 27 heavy (non-hydrogen) atoms. The van der Waals surface area contributed by atoms with Gasteiger partial charge in [0.05, 0.1) is 5.69 Å². The van der Waals surface area contributed by atoms with Gasteiger partial charge < -0.3 is 5.32 Å². The van der Waals surface area contributed by atoms with Crippen molar-refractivity contribution in [1.29, 1.82) is 0 Å². The van der Waals surface area contributed by atoms with Gasteiger partial charge in [-0.2, -0.15) is 5.10 Å². The largest absolute Gasteiger partial charge is 0.326 e. The average Bonchev–Trinajstić information content (AvgIpc) is 2.64. The molecule has 0 aliphatic carbocycles. The van der Waals surface area contributed by atoms with Crippen molar-refractivity contribution in [3.8, 4) is 11.3 Å². The lowest BCUT2D eigenvalue weighted by Gasteiger charge is -2.08. The fourth-order valence-electron chi connectivity index (χ4n) is 2.72. The van der Waals surface area contributed by atoms with Gasteiger partial charge in [0.25, 0.3) is 5.56 Å². The average molecular weight is 365 g/mol. The van der Waals surface area contributed by atoms with E-state index in [9.17, 15) is 14.0 Å². The van der Waals surface area contributed by atoms with E-state index >= 15 is 0 Å². The quantitative estimate of drug-likeness (QED) is 0.723. The van der Waals surface area contributed by atoms with Crippen LogP contribution in [0.1, 0.15) is 18.4 Å². The fourth-order valence-corrected chi connectivity index (χ4v) is 2.72. The molecule has 0 unspecified atom stereocenters. The number of benzene rings is 2. The third-order valence-corrected chi connectivity index (χ3v) is 4.08. The van der Waals surface area contributed by atoms with Crippen LogP contribution in [0.25, 0.3) is 11.3 Å². The van der Waals surface area contributed by atoms with Crippen molar-refractivity contribution < 1.29 is 9.18 Å². The highest BCUT2D eigenvalue weighted by Gasteiger charge is 2.06. The molecule has 0 aliphatic heterocycles. The number of halogens is 1. The maximum absolute atomic E-state index is 13.1. The van der Waals surface area contributed by atoms with E-state index in [-0.39, 0.29) is 23.7 Å². The Hall–Kier alpha value is -3.28. The minimum Gasteiger partial charge on any atom is -0.326 e. The number of hydrogen-bond acceptors (Lipinski definition) is 3. The zero-order chi connectivity index (χ0) is 19.2. The monoisotopic (exact) mass is 365 g/mol. The lowest BCUT2D eigenvalue weighted by molar-refractivity contribution is -0.116. The van der Waals surface area contributed by atoms with Crippen molar-refractivity contribution in [2.24, 2.45) is 0 Å². The van der Waals surface area contributed by atoms with Gasteiger partial charge in [-0.1, -0.05) is 12.1 Å². The highest BCUT2D eigenvalue weighted by Crippen LogP contribution is 2.16. The molecule has 0 saturated heterocycles. The molecule has 1 heterocycles. The second-order valence-electron chi connectivity index (χ2n) is 6.31. The standard InChI is InChI=1S/C21H20FN3O2/c1-15-4-2-5-18(14-15)23-20(26)6-3-13-25-21(27)12-11-19(24-25)16-7-9-17(22)10-8-16/h2,4-5,7-12,14H,3,6,13H2,1H3,(H,23,26). The Morgan fingerprint density at radius 1 is 1.11 bits per heavy atom. The summed E-state index contributed by atoms with van der Waals surface area (Å²) in [5, 5.41) is 7.16. The predicted molar refractivity (Wildman–Crippen MR) is 103 cm³/mol. The molecule has 0 bridgehead atoms. The minimum absolute atomic E-state index is 0.108. The number of anilines is 1. The van der Waals surface area contributed by atoms with E-state index in [4.69, 9.17) is 0 Å². The Bertz CT molecular complexity index is 997. The molecule has 138 valence electrons. The van der Waals surface area contributed by atoms with Crippen molar-refractivity contribution in [3.63, 3.8) is 0 Å². The number of rotatable bonds is 6. The number of nitrogens with zero attached hydrogens (tertiary/aromatic N) is 2. The molecule has 1 aromatic heterocycles. The van der Waals surface area contributed by atoms with Gasteiger partial charge >= 0.3 is 0 Å². The van der Waals surface area contributed by atoms with E-state index in [1.807, 2.05) is 31.2 Å². The summed E-state index contributed by atoms with van der Waals surface area (Å²) >= 11 is 0. The Kier molecular flexibility index (Phi) is 5.76. The second-order valence-corrected chi connectivity index (χ2v) is 6.31. The van der Waals surface area contributed by atoms with Crippen molar-refractivity contribution in [2.75, 3.05) is 5.32 Å². The van der Waals surface area contributed by atoms with Crippen LogP contribution in [0, 0.1) is 12.7 Å². The van der Waals surface area contributed by atoms with Gasteiger partial charge in [0, 0.05) is 30.3 Å². The lowest BCUT2D eigenvalue weighted by atomic mass is 10.1. The van der Waals surface area contributed by atoms with Gasteiger partial charge in [-0.3, -0.25) is 9.59 Å². The van der Waals surface area contributed by atoms with Crippen LogP contribution in [0.2, 0.25) is 0 Å². The van der Waals surface area contributed by atoms with E-state index < -0.39 is 0 Å². The topological polar surface area (TPSA) is 64.0 Å². The number of aromatic nitrogens is 2. The van der Waals surface area contributed by atoms with Crippen molar-refractivity contribution >= 4 is 11.6 Å². The van der Waals surface area contributed by atoms with E-state index in [1.54, 1.807) is 18.2 Å². The second kappa shape index (κ2) is 8.40. The molecule has 1 amide bonds. The molecule has 0 atom stereocenters. The molecule has 1 N–H and O–H groups in total. The number of amides is 1. The predicted octanol–water partition coefficient (Wildman–Crippen LogP) is 3.78. The first-order chi connectivity index (χ1) is 13.0. The van der Waals surface area contributed by atoms with Crippen LogP contribution in [-0.2, 0) is 11.3 Å². The zero-order valence-electron chi connectivity index (χ0n) is 15.0. The van der Waals surface area contributed by atoms with Crippen molar-refractivity contribution in [2.45, 2.75) is 26.3 Å². The summed E-state index contributed by atoms with van der Waals surface area (Å²) < 4.78 is 14.4. The maximum atomic E-state index is 13.1. The normalized spacial score (nSPS) is 10.6. The maximum Gasteiger partial charge on any atom is 0.266 e. The Labute approximate surface area is 156 Å². The molecule has 0 fully saturated rings. The molecule has 3 rings (SSSR count). The van der Waals surface area contributed by atoms with Crippen molar-refractivity contribution in [1.82, 2.24) is 9.78 Å². The molecule has 0 spiro atoms.